The third-order valence-electron chi connectivity index (χ3n) is 1.81. The fourth-order valence-corrected chi connectivity index (χ4v) is 1.28. The highest BCUT2D eigenvalue weighted by molar-refractivity contribution is 6.17. The Kier molecular flexibility index (Phi) is 5.42. The zero-order valence-electron chi connectivity index (χ0n) is 8.33. The van der Waals surface area contributed by atoms with Crippen LogP contribution in [-0.4, -0.2) is 20.3 Å². The number of alkyl halides is 1. The Bertz CT molecular complexity index is 263. The van der Waals surface area contributed by atoms with E-state index in [9.17, 15) is 0 Å². The summed E-state index contributed by atoms with van der Waals surface area (Å²) in [6.07, 6.45) is 0.904. The molecule has 14 heavy (non-hydrogen) atoms. The molecule has 0 fully saturated rings. The van der Waals surface area contributed by atoms with Gasteiger partial charge in [0.25, 0.3) is 0 Å². The third kappa shape index (κ3) is 3.99. The zero-order valence-corrected chi connectivity index (χ0v) is 9.09. The van der Waals surface area contributed by atoms with Gasteiger partial charge in [0.15, 0.2) is 0 Å². The van der Waals surface area contributed by atoms with Crippen molar-refractivity contribution in [3.8, 4) is 5.75 Å². The molecule has 1 rings (SSSR count). The number of halogens is 1. The molecule has 0 aliphatic carbocycles. The quantitative estimate of drug-likeness (QED) is 0.536. The van der Waals surface area contributed by atoms with Gasteiger partial charge < -0.3 is 9.47 Å². The van der Waals surface area contributed by atoms with Gasteiger partial charge in [-0.2, -0.15) is 0 Å². The largest absolute Gasteiger partial charge is 0.493 e. The van der Waals surface area contributed by atoms with E-state index in [1.54, 1.807) is 7.11 Å². The van der Waals surface area contributed by atoms with Crippen LogP contribution in [-0.2, 0) is 10.6 Å². The molecule has 78 valence electrons. The van der Waals surface area contributed by atoms with Crippen molar-refractivity contribution in [2.75, 3.05) is 20.3 Å². The lowest BCUT2D eigenvalue weighted by atomic mass is 10.2. The summed E-state index contributed by atoms with van der Waals surface area (Å²) in [7, 11) is 1.69. The van der Waals surface area contributed by atoms with E-state index in [2.05, 4.69) is 0 Å². The minimum absolute atomic E-state index is 0.523. The van der Waals surface area contributed by atoms with Gasteiger partial charge in [-0.05, 0) is 17.7 Å². The van der Waals surface area contributed by atoms with Crippen LogP contribution in [0.25, 0.3) is 0 Å². The van der Waals surface area contributed by atoms with E-state index in [4.69, 9.17) is 21.1 Å². The fraction of sp³-hybridized carbons (Fsp3) is 0.455. The van der Waals surface area contributed by atoms with Gasteiger partial charge in [-0.15, -0.1) is 11.6 Å². The molecule has 0 heterocycles. The summed E-state index contributed by atoms with van der Waals surface area (Å²) in [6.45, 7) is 1.41. The van der Waals surface area contributed by atoms with Gasteiger partial charge in [0.2, 0.25) is 0 Å². The van der Waals surface area contributed by atoms with Crippen LogP contribution in [0.5, 0.6) is 5.75 Å². The minimum atomic E-state index is 0.523. The molecule has 0 atom stereocenters. The van der Waals surface area contributed by atoms with Crippen molar-refractivity contribution in [3.05, 3.63) is 29.8 Å². The topological polar surface area (TPSA) is 18.5 Å². The Labute approximate surface area is 89.8 Å². The highest BCUT2D eigenvalue weighted by Gasteiger charge is 1.95. The van der Waals surface area contributed by atoms with E-state index in [1.807, 2.05) is 24.3 Å². The highest BCUT2D eigenvalue weighted by Crippen LogP contribution is 2.14. The predicted octanol–water partition coefficient (Wildman–Crippen LogP) is 2.84. The monoisotopic (exact) mass is 214 g/mol. The average Bonchev–Trinajstić information content (AvgIpc) is 2.25. The lowest BCUT2D eigenvalue weighted by Crippen LogP contribution is -2.01. The Morgan fingerprint density at radius 1 is 1.29 bits per heavy atom. The van der Waals surface area contributed by atoms with Gasteiger partial charge in [-0.25, -0.2) is 0 Å². The predicted molar refractivity (Wildman–Crippen MR) is 58.0 cm³/mol. The standard InChI is InChI=1S/C11H15ClO2/c1-13-6-3-7-14-11-5-2-4-10(8-11)9-12/h2,4-5,8H,3,6-7,9H2,1H3. The van der Waals surface area contributed by atoms with Crippen molar-refractivity contribution in [1.29, 1.82) is 0 Å². The molecule has 1 aromatic carbocycles. The molecule has 0 radical (unpaired) electrons. The summed E-state index contributed by atoms with van der Waals surface area (Å²) in [6, 6.07) is 7.82. The van der Waals surface area contributed by atoms with Gasteiger partial charge in [-0.3, -0.25) is 0 Å². The van der Waals surface area contributed by atoms with Crippen molar-refractivity contribution in [1.82, 2.24) is 0 Å². The van der Waals surface area contributed by atoms with Crippen molar-refractivity contribution in [3.63, 3.8) is 0 Å². The Hall–Kier alpha value is -0.730. The van der Waals surface area contributed by atoms with Gasteiger partial charge in [0, 0.05) is 26.0 Å². The van der Waals surface area contributed by atoms with Crippen molar-refractivity contribution in [2.45, 2.75) is 12.3 Å². The Morgan fingerprint density at radius 2 is 2.14 bits per heavy atom. The first-order valence-electron chi connectivity index (χ1n) is 4.63. The first-order valence-corrected chi connectivity index (χ1v) is 5.17. The number of rotatable bonds is 6. The van der Waals surface area contributed by atoms with E-state index in [1.165, 1.54) is 0 Å². The van der Waals surface area contributed by atoms with Crippen molar-refractivity contribution in [2.24, 2.45) is 0 Å². The summed E-state index contributed by atoms with van der Waals surface area (Å²) in [5.74, 6) is 1.40. The van der Waals surface area contributed by atoms with E-state index in [0.717, 1.165) is 24.3 Å². The van der Waals surface area contributed by atoms with Crippen molar-refractivity contribution < 1.29 is 9.47 Å². The van der Waals surface area contributed by atoms with Crippen LogP contribution in [0.3, 0.4) is 0 Å². The zero-order chi connectivity index (χ0) is 10.2. The first-order chi connectivity index (χ1) is 6.86. The first kappa shape index (κ1) is 11.3. The second kappa shape index (κ2) is 6.68. The second-order valence-electron chi connectivity index (χ2n) is 2.98. The molecule has 0 bridgehead atoms. The molecular formula is C11H15ClO2. The lowest BCUT2D eigenvalue weighted by molar-refractivity contribution is 0.172. The molecule has 2 nitrogen and oxygen atoms in total. The number of benzene rings is 1. The van der Waals surface area contributed by atoms with Gasteiger partial charge in [0.05, 0.1) is 6.61 Å². The van der Waals surface area contributed by atoms with Crippen LogP contribution in [0, 0.1) is 0 Å². The minimum Gasteiger partial charge on any atom is -0.493 e. The molecule has 0 unspecified atom stereocenters. The molecular weight excluding hydrogens is 200 g/mol. The molecule has 0 aliphatic heterocycles. The smallest absolute Gasteiger partial charge is 0.119 e. The van der Waals surface area contributed by atoms with E-state index < -0.39 is 0 Å². The summed E-state index contributed by atoms with van der Waals surface area (Å²) in [5, 5.41) is 0. The summed E-state index contributed by atoms with van der Waals surface area (Å²) >= 11 is 5.71. The molecule has 0 saturated heterocycles. The van der Waals surface area contributed by atoms with Gasteiger partial charge >= 0.3 is 0 Å². The van der Waals surface area contributed by atoms with E-state index in [-0.39, 0.29) is 0 Å². The maximum absolute atomic E-state index is 5.71. The van der Waals surface area contributed by atoms with Gasteiger partial charge in [0.1, 0.15) is 5.75 Å². The van der Waals surface area contributed by atoms with E-state index in [0.29, 0.717) is 12.5 Å². The number of methoxy groups -OCH3 is 1. The number of hydrogen-bond acceptors (Lipinski definition) is 2. The fourth-order valence-electron chi connectivity index (χ4n) is 1.11. The summed E-state index contributed by atoms with van der Waals surface area (Å²) in [4.78, 5) is 0. The second-order valence-corrected chi connectivity index (χ2v) is 3.24. The van der Waals surface area contributed by atoms with Crippen LogP contribution in [0.15, 0.2) is 24.3 Å². The Balaban J connectivity index is 2.34. The molecule has 0 amide bonds. The molecule has 0 N–H and O–H groups in total. The summed E-state index contributed by atoms with van der Waals surface area (Å²) in [5.41, 5.74) is 1.08. The maximum Gasteiger partial charge on any atom is 0.119 e. The molecule has 1 aromatic rings. The summed E-state index contributed by atoms with van der Waals surface area (Å²) < 4.78 is 10.4. The van der Waals surface area contributed by atoms with Crippen LogP contribution in [0.1, 0.15) is 12.0 Å². The lowest BCUT2D eigenvalue weighted by Gasteiger charge is -2.06. The Morgan fingerprint density at radius 3 is 2.86 bits per heavy atom. The van der Waals surface area contributed by atoms with Crippen LogP contribution >= 0.6 is 11.6 Å². The van der Waals surface area contributed by atoms with Crippen LogP contribution < -0.4 is 4.74 Å². The van der Waals surface area contributed by atoms with Crippen LogP contribution in [0.2, 0.25) is 0 Å². The molecule has 0 spiro atoms. The average molecular weight is 215 g/mol. The SMILES string of the molecule is COCCCOc1cccc(CCl)c1. The third-order valence-corrected chi connectivity index (χ3v) is 2.12. The molecule has 3 heteroatoms. The van der Waals surface area contributed by atoms with Crippen LogP contribution in [0.4, 0.5) is 0 Å². The molecule has 0 saturated carbocycles. The van der Waals surface area contributed by atoms with Crippen molar-refractivity contribution >= 4 is 11.6 Å². The number of ether oxygens (including phenoxy) is 2. The number of hydrogen-bond donors (Lipinski definition) is 0. The van der Waals surface area contributed by atoms with E-state index >= 15 is 0 Å². The maximum atomic E-state index is 5.71. The van der Waals surface area contributed by atoms with Gasteiger partial charge in [-0.1, -0.05) is 12.1 Å². The molecule has 0 aromatic heterocycles. The normalized spacial score (nSPS) is 10.1. The highest BCUT2D eigenvalue weighted by atomic mass is 35.5. The molecule has 0 aliphatic rings.